The molecule has 1 aliphatic heterocycles. The lowest BCUT2D eigenvalue weighted by atomic mass is 9.86. The highest BCUT2D eigenvalue weighted by Gasteiger charge is 2.69. The van der Waals surface area contributed by atoms with Crippen LogP contribution in [0.5, 0.6) is 0 Å². The molecule has 11 nitrogen and oxygen atoms in total. The number of benzene rings is 1. The molecule has 0 bridgehead atoms. The fourth-order valence-electron chi connectivity index (χ4n) is 7.58. The third-order valence-corrected chi connectivity index (χ3v) is 10.6. The highest BCUT2D eigenvalue weighted by atomic mass is 16.2. The normalized spacial score (nSPS) is 24.6. The van der Waals surface area contributed by atoms with Gasteiger partial charge in [-0.05, 0) is 53.9 Å². The molecule has 5 rings (SSSR count). The van der Waals surface area contributed by atoms with Gasteiger partial charge in [0.1, 0.15) is 12.1 Å². The molecule has 4 fully saturated rings. The Kier molecular flexibility index (Phi) is 10.2. The van der Waals surface area contributed by atoms with Crippen molar-refractivity contribution in [3.63, 3.8) is 0 Å². The van der Waals surface area contributed by atoms with Crippen LogP contribution in [0.25, 0.3) is 0 Å². The predicted molar refractivity (Wildman–Crippen MR) is 171 cm³/mol. The largest absolute Gasteiger partial charge is 0.347 e. The first-order chi connectivity index (χ1) is 21.9. The van der Waals surface area contributed by atoms with E-state index in [2.05, 4.69) is 29.8 Å². The van der Waals surface area contributed by atoms with Crippen LogP contribution in [0.3, 0.4) is 0 Å². The second kappa shape index (κ2) is 13.9. The molecule has 3 saturated carbocycles. The van der Waals surface area contributed by atoms with Crippen molar-refractivity contribution in [1.82, 2.24) is 25.8 Å². The smallest absolute Gasteiger partial charge is 0.290 e. The van der Waals surface area contributed by atoms with Crippen LogP contribution in [-0.2, 0) is 28.8 Å². The second-order valence-corrected chi connectivity index (χ2v) is 14.6. The number of carbonyl (C=O) groups excluding carboxylic acids is 6. The number of amides is 5. The fraction of sp³-hybridized carbons (Fsp3) is 0.657. The maximum Gasteiger partial charge on any atom is 0.290 e. The Labute approximate surface area is 271 Å². The zero-order valence-corrected chi connectivity index (χ0v) is 27.6. The van der Waals surface area contributed by atoms with Crippen LogP contribution in [0.15, 0.2) is 30.3 Å². The number of ketones is 1. The molecule has 0 aromatic heterocycles. The van der Waals surface area contributed by atoms with Gasteiger partial charge < -0.3 is 25.8 Å². The van der Waals surface area contributed by atoms with Gasteiger partial charge in [-0.1, -0.05) is 76.3 Å². The van der Waals surface area contributed by atoms with E-state index in [-0.39, 0.29) is 40.9 Å². The third-order valence-electron chi connectivity index (χ3n) is 10.6. The van der Waals surface area contributed by atoms with E-state index in [1.165, 1.54) is 11.3 Å². The minimum Gasteiger partial charge on any atom is -0.347 e. The number of Topliss-reactive ketones (excluding diaryl/α,β-unsaturated/α-hetero) is 1. The number of hydrogen-bond donors (Lipinski definition) is 3. The van der Waals surface area contributed by atoms with E-state index < -0.39 is 42.3 Å². The lowest BCUT2D eigenvalue weighted by Gasteiger charge is -2.32. The first kappa shape index (κ1) is 33.6. The molecule has 3 aliphatic carbocycles. The number of nitrogens with one attached hydrogen (secondary N) is 3. The monoisotopic (exact) mass is 635 g/mol. The SMILES string of the molecule is CN(C)C(=O)C(NC(=O)CNC(=O)C(=O)C(CC1CC1)NC(=O)C1C2C(CN1C(=O)CC1CCCCC1)C2(C)C)c1ccccc1. The lowest BCUT2D eigenvalue weighted by Crippen LogP contribution is -2.55. The summed E-state index contributed by atoms with van der Waals surface area (Å²) in [5.74, 6) is -2.31. The molecule has 3 N–H and O–H groups in total. The highest BCUT2D eigenvalue weighted by molar-refractivity contribution is 6.38. The number of likely N-dealkylation sites (N-methyl/N-ethyl adjacent to an activating group) is 1. The molecule has 1 aromatic rings. The van der Waals surface area contributed by atoms with Crippen molar-refractivity contribution in [2.45, 2.75) is 89.8 Å². The van der Waals surface area contributed by atoms with Gasteiger partial charge in [-0.3, -0.25) is 28.8 Å². The molecule has 4 aliphatic rings. The summed E-state index contributed by atoms with van der Waals surface area (Å²) in [6.07, 6.45) is 8.17. The van der Waals surface area contributed by atoms with Gasteiger partial charge in [0.05, 0.1) is 12.6 Å². The van der Waals surface area contributed by atoms with Crippen LogP contribution >= 0.6 is 0 Å². The maximum atomic E-state index is 13.9. The molecule has 1 heterocycles. The summed E-state index contributed by atoms with van der Waals surface area (Å²) in [6.45, 7) is 4.26. The number of likely N-dealkylation sites (tertiary alicyclic amines) is 1. The Balaban J connectivity index is 1.21. The van der Waals surface area contributed by atoms with Gasteiger partial charge in [-0.25, -0.2) is 0 Å². The van der Waals surface area contributed by atoms with E-state index in [9.17, 15) is 28.8 Å². The summed E-state index contributed by atoms with van der Waals surface area (Å²) in [6, 6.07) is 6.09. The minimum atomic E-state index is -1.05. The Bertz CT molecular complexity index is 1340. The number of nitrogens with zero attached hydrogens (tertiary/aromatic N) is 2. The van der Waals surface area contributed by atoms with Gasteiger partial charge in [0.2, 0.25) is 29.4 Å². The molecular formula is C35H49N5O6. The Morgan fingerprint density at radius 3 is 2.22 bits per heavy atom. The van der Waals surface area contributed by atoms with Crippen molar-refractivity contribution in [2.24, 2.45) is 29.1 Å². The van der Waals surface area contributed by atoms with Crippen LogP contribution < -0.4 is 16.0 Å². The van der Waals surface area contributed by atoms with E-state index in [1.807, 2.05) is 0 Å². The number of carbonyl (C=O) groups is 6. The lowest BCUT2D eigenvalue weighted by molar-refractivity contribution is -0.144. The quantitative estimate of drug-likeness (QED) is 0.284. The molecule has 5 unspecified atom stereocenters. The fourth-order valence-corrected chi connectivity index (χ4v) is 7.58. The van der Waals surface area contributed by atoms with Crippen molar-refractivity contribution in [3.05, 3.63) is 35.9 Å². The van der Waals surface area contributed by atoms with Crippen LogP contribution in [0.4, 0.5) is 0 Å². The summed E-state index contributed by atoms with van der Waals surface area (Å²) < 4.78 is 0. The number of piperidine rings is 1. The van der Waals surface area contributed by atoms with Gasteiger partial charge in [0.25, 0.3) is 5.91 Å². The van der Waals surface area contributed by atoms with Crippen LogP contribution in [0.2, 0.25) is 0 Å². The Hall–Kier alpha value is -3.76. The van der Waals surface area contributed by atoms with E-state index in [1.54, 1.807) is 49.3 Å². The predicted octanol–water partition coefficient (Wildman–Crippen LogP) is 2.36. The third kappa shape index (κ3) is 7.61. The second-order valence-electron chi connectivity index (χ2n) is 14.6. The summed E-state index contributed by atoms with van der Waals surface area (Å²) in [4.78, 5) is 82.5. The number of fused-ring (bicyclic) bond motifs is 1. The summed E-state index contributed by atoms with van der Waals surface area (Å²) >= 11 is 0. The summed E-state index contributed by atoms with van der Waals surface area (Å²) in [7, 11) is 3.17. The average molecular weight is 636 g/mol. The zero-order chi connectivity index (χ0) is 33.2. The van der Waals surface area contributed by atoms with E-state index in [0.717, 1.165) is 38.5 Å². The average Bonchev–Trinajstić information content (AvgIpc) is 3.89. The van der Waals surface area contributed by atoms with E-state index >= 15 is 0 Å². The topological polar surface area (TPSA) is 145 Å². The number of rotatable bonds is 13. The van der Waals surface area contributed by atoms with Gasteiger partial charge in [0, 0.05) is 27.1 Å². The summed E-state index contributed by atoms with van der Waals surface area (Å²) in [5, 5.41) is 7.90. The van der Waals surface area contributed by atoms with Crippen molar-refractivity contribution in [1.29, 1.82) is 0 Å². The molecule has 1 aromatic carbocycles. The van der Waals surface area contributed by atoms with Crippen LogP contribution in [0.1, 0.15) is 83.2 Å². The molecule has 250 valence electrons. The molecule has 1 saturated heterocycles. The standard InChI is InChI=1S/C35H49N5O6/c1-35(2)24-20-40(27(42)18-21-11-7-5-8-12-21)30(28(24)35)32(44)37-25(17-22-15-16-22)31(43)33(45)36-19-26(41)38-29(34(46)39(3)4)23-13-9-6-10-14-23/h6,9-10,13-14,21-22,24-25,28-30H,5,7-8,11-12,15-20H2,1-4H3,(H,36,45)(H,37,44)(H,38,41). The van der Waals surface area contributed by atoms with Crippen molar-refractivity contribution in [3.8, 4) is 0 Å². The molecule has 11 heteroatoms. The molecule has 46 heavy (non-hydrogen) atoms. The maximum absolute atomic E-state index is 13.9. The molecule has 0 spiro atoms. The van der Waals surface area contributed by atoms with Gasteiger partial charge in [-0.2, -0.15) is 0 Å². The zero-order valence-electron chi connectivity index (χ0n) is 27.6. The minimum absolute atomic E-state index is 0.00503. The molecular weight excluding hydrogens is 586 g/mol. The van der Waals surface area contributed by atoms with E-state index in [4.69, 9.17) is 0 Å². The van der Waals surface area contributed by atoms with Crippen LogP contribution in [0, 0.1) is 29.1 Å². The van der Waals surface area contributed by atoms with E-state index in [0.29, 0.717) is 30.9 Å². The number of hydrogen-bond acceptors (Lipinski definition) is 6. The Morgan fingerprint density at radius 1 is 0.913 bits per heavy atom. The van der Waals surface area contributed by atoms with Crippen molar-refractivity contribution < 1.29 is 28.8 Å². The Morgan fingerprint density at radius 2 is 1.59 bits per heavy atom. The van der Waals surface area contributed by atoms with Gasteiger partial charge in [0.15, 0.2) is 0 Å². The first-order valence-corrected chi connectivity index (χ1v) is 16.9. The highest BCUT2D eigenvalue weighted by Crippen LogP contribution is 2.65. The van der Waals surface area contributed by atoms with Gasteiger partial charge >= 0.3 is 0 Å². The van der Waals surface area contributed by atoms with Gasteiger partial charge in [-0.15, -0.1) is 0 Å². The summed E-state index contributed by atoms with van der Waals surface area (Å²) in [5.41, 5.74) is 0.513. The van der Waals surface area contributed by atoms with Crippen molar-refractivity contribution >= 4 is 35.3 Å². The first-order valence-electron chi connectivity index (χ1n) is 16.9. The van der Waals surface area contributed by atoms with Crippen LogP contribution in [-0.4, -0.2) is 84.4 Å². The molecule has 5 amide bonds. The van der Waals surface area contributed by atoms with Crippen molar-refractivity contribution in [2.75, 3.05) is 27.2 Å². The molecule has 0 radical (unpaired) electrons. The molecule has 5 atom stereocenters.